The van der Waals surface area contributed by atoms with Gasteiger partial charge in [-0.05, 0) is 27.7 Å². The molecular formula is C10H18F3NO2. The van der Waals surface area contributed by atoms with E-state index < -0.39 is 30.1 Å². The molecule has 0 aliphatic heterocycles. The predicted molar refractivity (Wildman–Crippen MR) is 54.0 cm³/mol. The highest BCUT2D eigenvalue weighted by Gasteiger charge is 2.30. The van der Waals surface area contributed by atoms with Crippen molar-refractivity contribution in [2.24, 2.45) is 0 Å². The van der Waals surface area contributed by atoms with E-state index in [4.69, 9.17) is 4.74 Å². The Morgan fingerprint density at radius 3 is 2.19 bits per heavy atom. The van der Waals surface area contributed by atoms with Gasteiger partial charge in [0.15, 0.2) is 0 Å². The minimum atomic E-state index is -4.27. The Kier molecular flexibility index (Phi) is 5.25. The summed E-state index contributed by atoms with van der Waals surface area (Å²) in [5.74, 6) is -0.535. The van der Waals surface area contributed by atoms with Gasteiger partial charge in [-0.15, -0.1) is 0 Å². The van der Waals surface area contributed by atoms with Crippen LogP contribution in [0.5, 0.6) is 0 Å². The third-order valence-corrected chi connectivity index (χ3v) is 1.58. The van der Waals surface area contributed by atoms with Gasteiger partial charge in [0.25, 0.3) is 0 Å². The minimum absolute atomic E-state index is 0.230. The Balaban J connectivity index is 3.88. The standard InChI is InChI=1S/C10H18F3NO2/c1-7(5-10(11,12)13)14-8(15)6-16-9(2,3)4/h7H,5-6H2,1-4H3,(H,14,15). The van der Waals surface area contributed by atoms with Gasteiger partial charge in [-0.25, -0.2) is 0 Å². The molecule has 0 aromatic rings. The Bertz CT molecular complexity index is 233. The molecule has 0 aliphatic carbocycles. The summed E-state index contributed by atoms with van der Waals surface area (Å²) in [6, 6.07) is -0.934. The van der Waals surface area contributed by atoms with E-state index >= 15 is 0 Å². The lowest BCUT2D eigenvalue weighted by Gasteiger charge is -2.20. The fourth-order valence-corrected chi connectivity index (χ4v) is 0.997. The second-order valence-corrected chi connectivity index (χ2v) is 4.69. The van der Waals surface area contributed by atoms with Crippen LogP contribution in [0.4, 0.5) is 13.2 Å². The summed E-state index contributed by atoms with van der Waals surface area (Å²) < 4.78 is 41.0. The lowest BCUT2D eigenvalue weighted by atomic mass is 10.2. The molecule has 0 saturated heterocycles. The van der Waals surface area contributed by atoms with Crippen LogP contribution < -0.4 is 5.32 Å². The van der Waals surface area contributed by atoms with Gasteiger partial charge in [-0.3, -0.25) is 4.79 Å². The lowest BCUT2D eigenvalue weighted by molar-refractivity contribution is -0.143. The second-order valence-electron chi connectivity index (χ2n) is 4.69. The zero-order valence-corrected chi connectivity index (χ0v) is 9.94. The molecule has 0 spiro atoms. The molecule has 0 aliphatic rings. The maximum Gasteiger partial charge on any atom is 0.391 e. The molecule has 1 atom stereocenters. The van der Waals surface area contributed by atoms with Crippen LogP contribution in [0.25, 0.3) is 0 Å². The molecule has 3 nitrogen and oxygen atoms in total. The maximum absolute atomic E-state index is 11.9. The molecule has 1 amide bonds. The molecule has 1 N–H and O–H groups in total. The zero-order valence-electron chi connectivity index (χ0n) is 9.94. The van der Waals surface area contributed by atoms with Gasteiger partial charge in [-0.1, -0.05) is 0 Å². The molecule has 0 heterocycles. The van der Waals surface area contributed by atoms with Crippen molar-refractivity contribution in [3.05, 3.63) is 0 Å². The van der Waals surface area contributed by atoms with E-state index in [0.29, 0.717) is 0 Å². The highest BCUT2D eigenvalue weighted by atomic mass is 19.4. The van der Waals surface area contributed by atoms with Gasteiger partial charge < -0.3 is 10.1 Å². The Labute approximate surface area is 93.3 Å². The van der Waals surface area contributed by atoms with Crippen LogP contribution in [0.15, 0.2) is 0 Å². The van der Waals surface area contributed by atoms with E-state index in [1.54, 1.807) is 20.8 Å². The number of carbonyl (C=O) groups is 1. The van der Waals surface area contributed by atoms with Crippen molar-refractivity contribution in [2.45, 2.75) is 51.9 Å². The third kappa shape index (κ3) is 9.76. The van der Waals surface area contributed by atoms with Crippen molar-refractivity contribution < 1.29 is 22.7 Å². The molecule has 0 rings (SSSR count). The molecule has 16 heavy (non-hydrogen) atoms. The number of nitrogens with one attached hydrogen (secondary N) is 1. The summed E-state index contributed by atoms with van der Waals surface area (Å²) in [6.45, 7) is 6.37. The SMILES string of the molecule is CC(CC(F)(F)F)NC(=O)COC(C)(C)C. The number of hydrogen-bond acceptors (Lipinski definition) is 2. The molecule has 0 bridgehead atoms. The van der Waals surface area contributed by atoms with Gasteiger partial charge in [0, 0.05) is 6.04 Å². The highest BCUT2D eigenvalue weighted by Crippen LogP contribution is 2.21. The number of alkyl halides is 3. The van der Waals surface area contributed by atoms with E-state index in [9.17, 15) is 18.0 Å². The summed E-state index contributed by atoms with van der Waals surface area (Å²) in [6.07, 6.45) is -5.30. The number of rotatable bonds is 4. The Hall–Kier alpha value is -0.780. The fraction of sp³-hybridized carbons (Fsp3) is 0.900. The van der Waals surface area contributed by atoms with Crippen LogP contribution in [-0.4, -0.2) is 30.3 Å². The van der Waals surface area contributed by atoms with Gasteiger partial charge >= 0.3 is 6.18 Å². The first-order valence-corrected chi connectivity index (χ1v) is 5.00. The normalized spacial score (nSPS) is 14.7. The number of amides is 1. The van der Waals surface area contributed by atoms with Crippen LogP contribution in [0, 0.1) is 0 Å². The zero-order chi connectivity index (χ0) is 13.0. The molecular weight excluding hydrogens is 223 g/mol. The summed E-state index contributed by atoms with van der Waals surface area (Å²) in [4.78, 5) is 11.2. The Morgan fingerprint density at radius 2 is 1.81 bits per heavy atom. The van der Waals surface area contributed by atoms with Crippen molar-refractivity contribution in [1.82, 2.24) is 5.32 Å². The number of hydrogen-bond donors (Lipinski definition) is 1. The van der Waals surface area contributed by atoms with E-state index in [0.717, 1.165) is 0 Å². The van der Waals surface area contributed by atoms with E-state index in [1.807, 2.05) is 0 Å². The molecule has 0 aromatic heterocycles. The topological polar surface area (TPSA) is 38.3 Å². The third-order valence-electron chi connectivity index (χ3n) is 1.58. The van der Waals surface area contributed by atoms with Crippen LogP contribution in [0.3, 0.4) is 0 Å². The number of carbonyl (C=O) groups excluding carboxylic acids is 1. The van der Waals surface area contributed by atoms with E-state index in [-0.39, 0.29) is 6.61 Å². The summed E-state index contributed by atoms with van der Waals surface area (Å²) in [5.41, 5.74) is -0.482. The highest BCUT2D eigenvalue weighted by molar-refractivity contribution is 5.77. The van der Waals surface area contributed by atoms with Crippen LogP contribution in [0.1, 0.15) is 34.1 Å². The van der Waals surface area contributed by atoms with Crippen LogP contribution in [-0.2, 0) is 9.53 Å². The number of halogens is 3. The molecule has 6 heteroatoms. The molecule has 1 unspecified atom stereocenters. The van der Waals surface area contributed by atoms with Gasteiger partial charge in [0.2, 0.25) is 5.91 Å². The molecule has 0 radical (unpaired) electrons. The average molecular weight is 241 g/mol. The van der Waals surface area contributed by atoms with E-state index in [2.05, 4.69) is 5.32 Å². The van der Waals surface area contributed by atoms with Crippen molar-refractivity contribution >= 4 is 5.91 Å². The maximum atomic E-state index is 11.9. The molecule has 96 valence electrons. The van der Waals surface area contributed by atoms with Gasteiger partial charge in [-0.2, -0.15) is 13.2 Å². The summed E-state index contributed by atoms with van der Waals surface area (Å²) in [7, 11) is 0. The summed E-state index contributed by atoms with van der Waals surface area (Å²) >= 11 is 0. The van der Waals surface area contributed by atoms with E-state index in [1.165, 1.54) is 6.92 Å². The monoisotopic (exact) mass is 241 g/mol. The molecule has 0 aromatic carbocycles. The van der Waals surface area contributed by atoms with Crippen molar-refractivity contribution in [3.8, 4) is 0 Å². The average Bonchev–Trinajstić information content (AvgIpc) is 1.95. The number of ether oxygens (including phenoxy) is 1. The molecule has 0 saturated carbocycles. The van der Waals surface area contributed by atoms with Crippen LogP contribution in [0.2, 0.25) is 0 Å². The fourth-order valence-electron chi connectivity index (χ4n) is 0.997. The quantitative estimate of drug-likeness (QED) is 0.819. The predicted octanol–water partition coefficient (Wildman–Crippen LogP) is 2.26. The van der Waals surface area contributed by atoms with Gasteiger partial charge in [0.1, 0.15) is 6.61 Å². The van der Waals surface area contributed by atoms with Crippen molar-refractivity contribution in [1.29, 1.82) is 0 Å². The first kappa shape index (κ1) is 15.2. The Morgan fingerprint density at radius 1 is 1.31 bits per heavy atom. The van der Waals surface area contributed by atoms with Crippen LogP contribution >= 0.6 is 0 Å². The minimum Gasteiger partial charge on any atom is -0.366 e. The summed E-state index contributed by atoms with van der Waals surface area (Å²) in [5, 5.41) is 2.23. The second kappa shape index (κ2) is 5.52. The smallest absolute Gasteiger partial charge is 0.366 e. The first-order valence-electron chi connectivity index (χ1n) is 5.00. The van der Waals surface area contributed by atoms with Gasteiger partial charge in [0.05, 0.1) is 12.0 Å². The van der Waals surface area contributed by atoms with Crippen molar-refractivity contribution in [2.75, 3.05) is 6.61 Å². The molecule has 0 fully saturated rings. The largest absolute Gasteiger partial charge is 0.391 e. The lowest BCUT2D eigenvalue weighted by Crippen LogP contribution is -2.39. The first-order chi connectivity index (χ1) is 6.99. The van der Waals surface area contributed by atoms with Crippen molar-refractivity contribution in [3.63, 3.8) is 0 Å².